The lowest BCUT2D eigenvalue weighted by molar-refractivity contribution is 0.712. The first-order valence-corrected chi connectivity index (χ1v) is 12.0. The molecule has 1 aliphatic heterocycles. The molecule has 3 aliphatic rings. The molecule has 1 saturated carbocycles. The van der Waals surface area contributed by atoms with Crippen LogP contribution in [0.5, 0.6) is 0 Å². The molecule has 2 aliphatic carbocycles. The zero-order valence-electron chi connectivity index (χ0n) is 20.3. The number of aliphatic imine (C=N–C) groups is 4. The van der Waals surface area contributed by atoms with E-state index in [-0.39, 0.29) is 6.17 Å². The molecule has 35 heavy (non-hydrogen) atoms. The average molecular weight is 467 g/mol. The number of fused-ring (bicyclic) bond motifs is 1. The minimum Gasteiger partial charge on any atom is -0.387 e. The molecule has 5 rings (SSSR count). The van der Waals surface area contributed by atoms with Gasteiger partial charge in [0.15, 0.2) is 6.17 Å². The van der Waals surface area contributed by atoms with E-state index in [0.29, 0.717) is 29.3 Å². The molecule has 0 bridgehead atoms. The third-order valence-corrected chi connectivity index (χ3v) is 6.16. The van der Waals surface area contributed by atoms with E-state index in [1.807, 2.05) is 32.2 Å². The van der Waals surface area contributed by atoms with E-state index >= 15 is 0 Å². The molecule has 1 unspecified atom stereocenters. The Morgan fingerprint density at radius 3 is 2.83 bits per heavy atom. The Morgan fingerprint density at radius 2 is 2.03 bits per heavy atom. The van der Waals surface area contributed by atoms with Crippen LogP contribution in [0.1, 0.15) is 62.3 Å². The van der Waals surface area contributed by atoms with Crippen molar-refractivity contribution in [3.63, 3.8) is 0 Å². The number of nitrogens with zero attached hydrogens (tertiary/aromatic N) is 7. The van der Waals surface area contributed by atoms with Gasteiger partial charge in [-0.25, -0.2) is 25.0 Å². The van der Waals surface area contributed by atoms with Crippen LogP contribution in [0.15, 0.2) is 68.8 Å². The molecule has 178 valence electrons. The van der Waals surface area contributed by atoms with Gasteiger partial charge in [0.25, 0.3) is 0 Å². The molecular weight excluding hydrogens is 436 g/mol. The summed E-state index contributed by atoms with van der Waals surface area (Å²) < 4.78 is 2.34. The van der Waals surface area contributed by atoms with E-state index < -0.39 is 0 Å². The number of nitrogens with two attached hydrogens (primary N) is 1. The third kappa shape index (κ3) is 5.26. The summed E-state index contributed by atoms with van der Waals surface area (Å²) in [6.45, 7) is 6.23. The number of imidazole rings is 1. The fourth-order valence-corrected chi connectivity index (χ4v) is 4.60. The second-order valence-corrected chi connectivity index (χ2v) is 9.09. The van der Waals surface area contributed by atoms with E-state index in [9.17, 15) is 0 Å². The topological polar surface area (TPSA) is 106 Å². The van der Waals surface area contributed by atoms with Crippen molar-refractivity contribution >= 4 is 35.4 Å². The zero-order chi connectivity index (χ0) is 24.4. The van der Waals surface area contributed by atoms with Crippen LogP contribution in [0.2, 0.25) is 0 Å². The van der Waals surface area contributed by atoms with Gasteiger partial charge in [0.05, 0.1) is 23.8 Å². The van der Waals surface area contributed by atoms with Gasteiger partial charge in [-0.05, 0) is 69.5 Å². The molecule has 2 N–H and O–H groups in total. The predicted octanol–water partition coefficient (Wildman–Crippen LogP) is 4.41. The monoisotopic (exact) mass is 466 g/mol. The Labute approximate surface area is 205 Å². The molecule has 3 heterocycles. The summed E-state index contributed by atoms with van der Waals surface area (Å²) in [6.07, 6.45) is 18.0. The second kappa shape index (κ2) is 9.74. The minimum absolute atomic E-state index is 0.302. The van der Waals surface area contributed by atoms with Crippen LogP contribution in [0.4, 0.5) is 0 Å². The summed E-state index contributed by atoms with van der Waals surface area (Å²) in [5.74, 6) is 3.51. The maximum Gasteiger partial charge on any atom is 0.162 e. The molecule has 0 radical (unpaired) electrons. The predicted molar refractivity (Wildman–Crippen MR) is 143 cm³/mol. The number of rotatable bonds is 5. The lowest BCUT2D eigenvalue weighted by Gasteiger charge is -2.11. The Hall–Kier alpha value is -3.94. The second-order valence-electron chi connectivity index (χ2n) is 9.09. The smallest absolute Gasteiger partial charge is 0.162 e. The first-order chi connectivity index (χ1) is 17.0. The number of amidine groups is 3. The van der Waals surface area contributed by atoms with E-state index in [1.165, 1.54) is 0 Å². The highest BCUT2D eigenvalue weighted by molar-refractivity contribution is 6.07. The summed E-state index contributed by atoms with van der Waals surface area (Å²) >= 11 is 0. The Kier molecular flexibility index (Phi) is 6.35. The van der Waals surface area contributed by atoms with Gasteiger partial charge in [-0.15, -0.1) is 0 Å². The Morgan fingerprint density at radius 1 is 1.17 bits per heavy atom. The zero-order valence-corrected chi connectivity index (χ0v) is 20.3. The van der Waals surface area contributed by atoms with Crippen LogP contribution in [-0.2, 0) is 6.54 Å². The molecule has 3 atom stereocenters. The molecule has 0 spiro atoms. The largest absolute Gasteiger partial charge is 0.387 e. The molecule has 8 nitrogen and oxygen atoms in total. The highest BCUT2D eigenvalue weighted by Crippen LogP contribution is 2.49. The molecule has 1 fully saturated rings. The van der Waals surface area contributed by atoms with Crippen LogP contribution in [0.25, 0.3) is 12.2 Å². The normalized spacial score (nSPS) is 23.9. The van der Waals surface area contributed by atoms with Crippen molar-refractivity contribution in [2.45, 2.75) is 52.2 Å². The summed E-state index contributed by atoms with van der Waals surface area (Å²) in [5, 5.41) is 0. The number of pyridine rings is 1. The molecule has 0 saturated heterocycles. The van der Waals surface area contributed by atoms with E-state index in [0.717, 1.165) is 47.9 Å². The molecule has 2 aromatic rings. The van der Waals surface area contributed by atoms with Crippen LogP contribution in [0, 0.1) is 5.92 Å². The maximum atomic E-state index is 5.68. The Balaban J connectivity index is 1.42. The molecule has 0 aromatic carbocycles. The van der Waals surface area contributed by atoms with Gasteiger partial charge >= 0.3 is 0 Å². The third-order valence-electron chi connectivity index (χ3n) is 6.16. The van der Waals surface area contributed by atoms with Crippen molar-refractivity contribution in [1.29, 1.82) is 0 Å². The first-order valence-electron chi connectivity index (χ1n) is 12.0. The van der Waals surface area contributed by atoms with Gasteiger partial charge in [0, 0.05) is 29.9 Å². The van der Waals surface area contributed by atoms with Gasteiger partial charge in [-0.3, -0.25) is 4.98 Å². The number of aromatic nitrogens is 3. The van der Waals surface area contributed by atoms with E-state index in [4.69, 9.17) is 15.7 Å². The summed E-state index contributed by atoms with van der Waals surface area (Å²) in [5.41, 5.74) is 10.0. The summed E-state index contributed by atoms with van der Waals surface area (Å²) in [7, 11) is 0. The lowest BCUT2D eigenvalue weighted by Crippen LogP contribution is -2.09. The standard InChI is InChI=1S/C27H30N8/c1-17(28)30-18(2)32-26-12-11-23(31-19(3)33-26)21-14-22(21)27-34-24-9-5-4-6-10-25(24)35(27)16-20-8-7-13-29-15-20/h5-13,15,21-22,26H,4,14,16H2,1-3H3,(H2,28,30,32)/t21-,22-,26?/m1/s1. The fraction of sp³-hybridized carbons (Fsp3) is 0.333. The summed E-state index contributed by atoms with van der Waals surface area (Å²) in [6, 6.07) is 4.09. The van der Waals surface area contributed by atoms with Gasteiger partial charge in [0.1, 0.15) is 17.5 Å². The maximum absolute atomic E-state index is 5.68. The number of hydrogen-bond acceptors (Lipinski definition) is 5. The van der Waals surface area contributed by atoms with Gasteiger partial charge < -0.3 is 10.3 Å². The highest BCUT2D eigenvalue weighted by Gasteiger charge is 2.45. The lowest BCUT2D eigenvalue weighted by atomic mass is 10.1. The molecule has 0 amide bonds. The van der Waals surface area contributed by atoms with Crippen molar-refractivity contribution in [2.75, 3.05) is 0 Å². The first kappa shape index (κ1) is 22.8. The van der Waals surface area contributed by atoms with Crippen LogP contribution >= 0.6 is 0 Å². The average Bonchev–Trinajstić information content (AvgIpc) is 3.60. The fourth-order valence-electron chi connectivity index (χ4n) is 4.60. The van der Waals surface area contributed by atoms with Gasteiger partial charge in [-0.2, -0.15) is 0 Å². The van der Waals surface area contributed by atoms with Crippen molar-refractivity contribution < 1.29 is 0 Å². The van der Waals surface area contributed by atoms with Crippen molar-refractivity contribution in [3.05, 3.63) is 71.6 Å². The number of allylic oxidation sites excluding steroid dienone is 3. The van der Waals surface area contributed by atoms with Crippen LogP contribution in [-0.4, -0.2) is 43.9 Å². The van der Waals surface area contributed by atoms with Gasteiger partial charge in [0.2, 0.25) is 0 Å². The quantitative estimate of drug-likeness (QED) is 0.521. The van der Waals surface area contributed by atoms with Crippen LogP contribution in [0.3, 0.4) is 0 Å². The molecule has 8 heteroatoms. The minimum atomic E-state index is -0.351. The van der Waals surface area contributed by atoms with Crippen molar-refractivity contribution in [3.8, 4) is 0 Å². The highest BCUT2D eigenvalue weighted by atomic mass is 15.1. The summed E-state index contributed by atoms with van der Waals surface area (Å²) in [4.78, 5) is 27.6. The Bertz CT molecular complexity index is 1320. The van der Waals surface area contributed by atoms with Crippen LogP contribution < -0.4 is 5.73 Å². The SMILES string of the molecule is CC(N)=N/C(C)=N/C1C=CC([C@@H]2C[C@H]2c2nc3c(n2Cc2cccnc2)C=CCC=C3)=NC(C)=N1. The van der Waals surface area contributed by atoms with E-state index in [1.54, 1.807) is 13.1 Å². The van der Waals surface area contributed by atoms with Crippen molar-refractivity contribution in [2.24, 2.45) is 31.6 Å². The van der Waals surface area contributed by atoms with Gasteiger partial charge in [-0.1, -0.05) is 18.2 Å². The molecule has 2 aromatic heterocycles. The molecular formula is C27H30N8. The van der Waals surface area contributed by atoms with E-state index in [2.05, 4.69) is 61.0 Å². The van der Waals surface area contributed by atoms with Crippen molar-refractivity contribution in [1.82, 2.24) is 14.5 Å². The number of hydrogen-bond donors (Lipinski definition) is 1.